The summed E-state index contributed by atoms with van der Waals surface area (Å²) in [6.07, 6.45) is 5.62. The van der Waals surface area contributed by atoms with Gasteiger partial charge < -0.3 is 10.3 Å². The molecule has 1 aliphatic heterocycles. The molecular formula is C23H23Cl2N3. The fourth-order valence-corrected chi connectivity index (χ4v) is 5.08. The molecule has 2 aromatic carbocycles. The van der Waals surface area contributed by atoms with E-state index in [0.29, 0.717) is 12.0 Å². The zero-order chi connectivity index (χ0) is 19.1. The van der Waals surface area contributed by atoms with Crippen LogP contribution in [0.1, 0.15) is 35.4 Å². The lowest BCUT2D eigenvalue weighted by atomic mass is 9.79. The molecule has 2 N–H and O–H groups in total. The summed E-state index contributed by atoms with van der Waals surface area (Å²) in [4.78, 5) is 8.39. The molecule has 0 saturated carbocycles. The van der Waals surface area contributed by atoms with E-state index < -0.39 is 0 Å². The molecule has 0 radical (unpaired) electrons. The van der Waals surface area contributed by atoms with Crippen molar-refractivity contribution in [2.45, 2.75) is 44.7 Å². The summed E-state index contributed by atoms with van der Waals surface area (Å²) < 4.78 is 0. The molecule has 0 amide bonds. The molecule has 28 heavy (non-hydrogen) atoms. The summed E-state index contributed by atoms with van der Waals surface area (Å²) >= 11 is 12.4. The predicted octanol–water partition coefficient (Wildman–Crippen LogP) is 5.59. The Labute approximate surface area is 175 Å². The molecule has 2 unspecified atom stereocenters. The Kier molecular flexibility index (Phi) is 4.92. The van der Waals surface area contributed by atoms with Crippen molar-refractivity contribution in [3.63, 3.8) is 0 Å². The van der Waals surface area contributed by atoms with E-state index >= 15 is 0 Å². The molecule has 2 aliphatic rings. The number of halogens is 2. The van der Waals surface area contributed by atoms with E-state index in [1.54, 1.807) is 0 Å². The van der Waals surface area contributed by atoms with E-state index in [-0.39, 0.29) is 0 Å². The topological polar surface area (TPSA) is 40.7 Å². The van der Waals surface area contributed by atoms with E-state index in [4.69, 9.17) is 28.2 Å². The smallest absolute Gasteiger partial charge is 0.137 e. The van der Waals surface area contributed by atoms with Crippen molar-refractivity contribution >= 4 is 23.2 Å². The van der Waals surface area contributed by atoms with E-state index in [9.17, 15) is 0 Å². The molecule has 0 spiro atoms. The van der Waals surface area contributed by atoms with Gasteiger partial charge in [-0.15, -0.1) is 0 Å². The number of imidazole rings is 1. The largest absolute Gasteiger partial charge is 0.341 e. The van der Waals surface area contributed by atoms with Gasteiger partial charge in [0.25, 0.3) is 0 Å². The number of hydrogen-bond donors (Lipinski definition) is 2. The average molecular weight is 412 g/mol. The number of H-pyrrole nitrogens is 1. The van der Waals surface area contributed by atoms with Crippen LogP contribution < -0.4 is 5.32 Å². The third-order valence-corrected chi connectivity index (χ3v) is 6.67. The first-order chi connectivity index (χ1) is 13.7. The number of aromatic nitrogens is 2. The van der Waals surface area contributed by atoms with Gasteiger partial charge in [-0.1, -0.05) is 41.4 Å². The minimum Gasteiger partial charge on any atom is -0.341 e. The van der Waals surface area contributed by atoms with E-state index in [2.05, 4.69) is 22.4 Å². The lowest BCUT2D eigenvalue weighted by molar-refractivity contribution is 0.308. The van der Waals surface area contributed by atoms with Crippen LogP contribution in [0.2, 0.25) is 10.0 Å². The molecule has 5 heteroatoms. The number of nitrogens with one attached hydrogen (secondary N) is 2. The van der Waals surface area contributed by atoms with Crippen LogP contribution in [0.3, 0.4) is 0 Å². The van der Waals surface area contributed by atoms with Crippen molar-refractivity contribution in [1.82, 2.24) is 15.3 Å². The van der Waals surface area contributed by atoms with Gasteiger partial charge in [0.1, 0.15) is 5.82 Å². The SMILES string of the molecule is Clc1cccc(-c2nc3c([nH]2)CNC(C2CCc4ccc(Cl)cc4C2)CC3)c1. The molecule has 2 heterocycles. The van der Waals surface area contributed by atoms with Crippen molar-refractivity contribution in [3.05, 3.63) is 75.0 Å². The summed E-state index contributed by atoms with van der Waals surface area (Å²) in [6, 6.07) is 14.7. The lowest BCUT2D eigenvalue weighted by Crippen LogP contribution is -2.38. The van der Waals surface area contributed by atoms with Crippen LogP contribution in [0.15, 0.2) is 42.5 Å². The number of nitrogens with zero attached hydrogens (tertiary/aromatic N) is 1. The summed E-state index contributed by atoms with van der Waals surface area (Å²) in [5.41, 5.74) is 6.32. The maximum absolute atomic E-state index is 6.22. The molecular weight excluding hydrogens is 389 g/mol. The Bertz CT molecular complexity index is 985. The number of aryl methyl sites for hydroxylation is 2. The molecule has 3 aromatic rings. The second-order valence-corrected chi connectivity index (χ2v) is 8.84. The number of rotatable bonds is 2. The Morgan fingerprint density at radius 2 is 1.82 bits per heavy atom. The van der Waals surface area contributed by atoms with Crippen molar-refractivity contribution in [2.75, 3.05) is 0 Å². The van der Waals surface area contributed by atoms with Gasteiger partial charge in [0.05, 0.1) is 11.4 Å². The van der Waals surface area contributed by atoms with Crippen LogP contribution in [0.25, 0.3) is 11.4 Å². The van der Waals surface area contributed by atoms with Gasteiger partial charge >= 0.3 is 0 Å². The van der Waals surface area contributed by atoms with Gasteiger partial charge in [-0.05, 0) is 73.4 Å². The quantitative estimate of drug-likeness (QED) is 0.576. The van der Waals surface area contributed by atoms with Crippen LogP contribution in [-0.4, -0.2) is 16.0 Å². The monoisotopic (exact) mass is 411 g/mol. The van der Waals surface area contributed by atoms with Crippen LogP contribution in [0, 0.1) is 5.92 Å². The lowest BCUT2D eigenvalue weighted by Gasteiger charge is -2.31. The Morgan fingerprint density at radius 3 is 2.71 bits per heavy atom. The highest BCUT2D eigenvalue weighted by molar-refractivity contribution is 6.31. The second-order valence-electron chi connectivity index (χ2n) is 7.96. The maximum Gasteiger partial charge on any atom is 0.137 e. The fourth-order valence-electron chi connectivity index (χ4n) is 4.70. The van der Waals surface area contributed by atoms with Crippen molar-refractivity contribution in [3.8, 4) is 11.4 Å². The van der Waals surface area contributed by atoms with E-state index in [0.717, 1.165) is 53.7 Å². The Balaban J connectivity index is 1.30. The number of benzene rings is 2. The first kappa shape index (κ1) is 18.2. The second kappa shape index (κ2) is 7.55. The molecule has 0 saturated heterocycles. The van der Waals surface area contributed by atoms with Gasteiger partial charge in [0, 0.05) is 28.2 Å². The van der Waals surface area contributed by atoms with Crippen LogP contribution in [0.4, 0.5) is 0 Å². The van der Waals surface area contributed by atoms with Crippen LogP contribution in [-0.2, 0) is 25.8 Å². The normalized spacial score (nSPS) is 21.6. The Hall–Kier alpha value is -1.81. The van der Waals surface area contributed by atoms with Gasteiger partial charge in [0.2, 0.25) is 0 Å². The molecule has 0 fully saturated rings. The van der Waals surface area contributed by atoms with Crippen molar-refractivity contribution in [2.24, 2.45) is 5.92 Å². The average Bonchev–Trinajstić information content (AvgIpc) is 3.01. The van der Waals surface area contributed by atoms with Crippen LogP contribution >= 0.6 is 23.2 Å². The minimum absolute atomic E-state index is 0.518. The number of fused-ring (bicyclic) bond motifs is 2. The van der Waals surface area contributed by atoms with Crippen LogP contribution in [0.5, 0.6) is 0 Å². The van der Waals surface area contributed by atoms with E-state index in [1.807, 2.05) is 30.3 Å². The molecule has 0 bridgehead atoms. The highest BCUT2D eigenvalue weighted by atomic mass is 35.5. The highest BCUT2D eigenvalue weighted by Crippen LogP contribution is 2.32. The summed E-state index contributed by atoms with van der Waals surface area (Å²) in [5, 5.41) is 5.38. The Morgan fingerprint density at radius 1 is 0.929 bits per heavy atom. The third kappa shape index (κ3) is 3.59. The maximum atomic E-state index is 6.22. The zero-order valence-corrected chi connectivity index (χ0v) is 17.2. The summed E-state index contributed by atoms with van der Waals surface area (Å²) in [7, 11) is 0. The third-order valence-electron chi connectivity index (χ3n) is 6.20. The molecule has 1 aromatic heterocycles. The zero-order valence-electron chi connectivity index (χ0n) is 15.6. The standard InChI is InChI=1S/C23H23Cl2N3/c24-18-3-1-2-16(11-18)23-27-21-9-8-20(26-13-22(21)28-23)15-5-4-14-6-7-19(25)12-17(14)10-15/h1-3,6-7,11-12,15,20,26H,4-5,8-10,13H2,(H,27,28). The van der Waals surface area contributed by atoms with Crippen molar-refractivity contribution < 1.29 is 0 Å². The first-order valence-electron chi connectivity index (χ1n) is 10.00. The van der Waals surface area contributed by atoms with Crippen molar-refractivity contribution in [1.29, 1.82) is 0 Å². The summed E-state index contributed by atoms with van der Waals surface area (Å²) in [5.74, 6) is 1.57. The number of hydrogen-bond acceptors (Lipinski definition) is 2. The molecule has 3 nitrogen and oxygen atoms in total. The van der Waals surface area contributed by atoms with Gasteiger partial charge in [-0.25, -0.2) is 4.98 Å². The number of aromatic amines is 1. The minimum atomic E-state index is 0.518. The van der Waals surface area contributed by atoms with Gasteiger partial charge in [-0.3, -0.25) is 0 Å². The van der Waals surface area contributed by atoms with E-state index in [1.165, 1.54) is 28.9 Å². The summed E-state index contributed by atoms with van der Waals surface area (Å²) in [6.45, 7) is 0.840. The van der Waals surface area contributed by atoms with Gasteiger partial charge in [0.15, 0.2) is 0 Å². The fraction of sp³-hybridized carbons (Fsp3) is 0.348. The molecule has 144 valence electrons. The molecule has 1 aliphatic carbocycles. The molecule has 5 rings (SSSR count). The van der Waals surface area contributed by atoms with Gasteiger partial charge in [-0.2, -0.15) is 0 Å². The first-order valence-corrected chi connectivity index (χ1v) is 10.8. The predicted molar refractivity (Wildman–Crippen MR) is 115 cm³/mol. The highest BCUT2D eigenvalue weighted by Gasteiger charge is 2.29. The molecule has 2 atom stereocenters.